The summed E-state index contributed by atoms with van der Waals surface area (Å²) in [6.45, 7) is 3.46. The average molecular weight is 321 g/mol. The SMILES string of the molecule is CC1CC(CN)CN1C(=O)c1cnn(-c2ccccc2)c1.Cl. The maximum Gasteiger partial charge on any atom is 0.257 e. The number of hydrogen-bond acceptors (Lipinski definition) is 3. The molecule has 2 atom stereocenters. The first-order valence-electron chi connectivity index (χ1n) is 7.30. The van der Waals surface area contributed by atoms with Crippen LogP contribution < -0.4 is 5.73 Å². The highest BCUT2D eigenvalue weighted by molar-refractivity contribution is 5.94. The van der Waals surface area contributed by atoms with Crippen molar-refractivity contribution in [2.24, 2.45) is 11.7 Å². The fraction of sp³-hybridized carbons (Fsp3) is 0.375. The van der Waals surface area contributed by atoms with Gasteiger partial charge in [-0.3, -0.25) is 4.79 Å². The standard InChI is InChI=1S/C16H20N4O.ClH/c1-12-7-13(8-17)10-19(12)16(21)14-9-18-20(11-14)15-5-3-2-4-6-15;/h2-6,9,11-13H,7-8,10,17H2,1H3;1H. The highest BCUT2D eigenvalue weighted by atomic mass is 35.5. The van der Waals surface area contributed by atoms with Gasteiger partial charge in [0.1, 0.15) is 0 Å². The van der Waals surface area contributed by atoms with E-state index in [1.54, 1.807) is 17.1 Å². The van der Waals surface area contributed by atoms with Crippen molar-refractivity contribution in [3.05, 3.63) is 48.3 Å². The van der Waals surface area contributed by atoms with Gasteiger partial charge in [0.2, 0.25) is 0 Å². The predicted molar refractivity (Wildman–Crippen MR) is 88.5 cm³/mol. The Morgan fingerprint density at radius 3 is 2.73 bits per heavy atom. The molecule has 2 aromatic rings. The Bertz CT molecular complexity index is 628. The Morgan fingerprint density at radius 2 is 2.09 bits per heavy atom. The lowest BCUT2D eigenvalue weighted by Crippen LogP contribution is -2.34. The molecule has 1 aromatic carbocycles. The van der Waals surface area contributed by atoms with Crippen molar-refractivity contribution in [1.29, 1.82) is 0 Å². The second-order valence-corrected chi connectivity index (χ2v) is 5.65. The minimum atomic E-state index is 0. The van der Waals surface area contributed by atoms with E-state index in [4.69, 9.17) is 5.73 Å². The van der Waals surface area contributed by atoms with Gasteiger partial charge in [-0.1, -0.05) is 18.2 Å². The van der Waals surface area contributed by atoms with E-state index >= 15 is 0 Å². The maximum atomic E-state index is 12.6. The second-order valence-electron chi connectivity index (χ2n) is 5.65. The van der Waals surface area contributed by atoms with Gasteiger partial charge >= 0.3 is 0 Å². The monoisotopic (exact) mass is 320 g/mol. The minimum Gasteiger partial charge on any atom is -0.336 e. The van der Waals surface area contributed by atoms with Gasteiger partial charge in [-0.15, -0.1) is 12.4 Å². The van der Waals surface area contributed by atoms with Gasteiger partial charge in [-0.25, -0.2) is 4.68 Å². The van der Waals surface area contributed by atoms with Crippen molar-refractivity contribution in [1.82, 2.24) is 14.7 Å². The minimum absolute atomic E-state index is 0. The molecule has 0 spiro atoms. The third-order valence-corrected chi connectivity index (χ3v) is 4.11. The molecule has 1 aliphatic heterocycles. The highest BCUT2D eigenvalue weighted by Gasteiger charge is 2.32. The lowest BCUT2D eigenvalue weighted by molar-refractivity contribution is 0.0743. The normalized spacial score (nSPS) is 20.7. The zero-order valence-electron chi connectivity index (χ0n) is 12.6. The van der Waals surface area contributed by atoms with Crippen LogP contribution in [0.4, 0.5) is 0 Å². The second kappa shape index (κ2) is 6.94. The molecule has 2 unspecified atom stereocenters. The van der Waals surface area contributed by atoms with Crippen LogP contribution in [0.15, 0.2) is 42.7 Å². The summed E-state index contributed by atoms with van der Waals surface area (Å²) in [4.78, 5) is 14.5. The van der Waals surface area contributed by atoms with E-state index in [1.165, 1.54) is 0 Å². The number of nitrogens with two attached hydrogens (primary N) is 1. The van der Waals surface area contributed by atoms with Crippen LogP contribution >= 0.6 is 12.4 Å². The molecule has 2 heterocycles. The van der Waals surface area contributed by atoms with Crippen molar-refractivity contribution in [3.63, 3.8) is 0 Å². The van der Waals surface area contributed by atoms with Gasteiger partial charge in [0, 0.05) is 18.8 Å². The Morgan fingerprint density at radius 1 is 1.36 bits per heavy atom. The fourth-order valence-corrected chi connectivity index (χ4v) is 2.92. The molecule has 0 aliphatic carbocycles. The van der Waals surface area contributed by atoms with Crippen LogP contribution in [-0.4, -0.2) is 39.7 Å². The smallest absolute Gasteiger partial charge is 0.257 e. The number of nitrogens with zero attached hydrogens (tertiary/aromatic N) is 3. The average Bonchev–Trinajstić information content (AvgIpc) is 3.14. The first-order chi connectivity index (χ1) is 10.2. The summed E-state index contributed by atoms with van der Waals surface area (Å²) < 4.78 is 1.73. The van der Waals surface area contributed by atoms with Gasteiger partial charge in [0.15, 0.2) is 0 Å². The van der Waals surface area contributed by atoms with Crippen molar-refractivity contribution >= 4 is 18.3 Å². The number of hydrogen-bond donors (Lipinski definition) is 1. The molecule has 1 saturated heterocycles. The quantitative estimate of drug-likeness (QED) is 0.942. The van der Waals surface area contributed by atoms with Crippen LogP contribution in [-0.2, 0) is 0 Å². The molecule has 5 nitrogen and oxygen atoms in total. The number of para-hydroxylation sites is 1. The molecule has 22 heavy (non-hydrogen) atoms. The van der Waals surface area contributed by atoms with Crippen LogP contribution in [0.2, 0.25) is 0 Å². The van der Waals surface area contributed by atoms with E-state index in [-0.39, 0.29) is 24.4 Å². The first-order valence-corrected chi connectivity index (χ1v) is 7.30. The largest absolute Gasteiger partial charge is 0.336 e. The summed E-state index contributed by atoms with van der Waals surface area (Å²) in [5, 5.41) is 4.29. The van der Waals surface area contributed by atoms with E-state index in [9.17, 15) is 4.79 Å². The van der Waals surface area contributed by atoms with Crippen LogP contribution in [0, 0.1) is 5.92 Å². The summed E-state index contributed by atoms with van der Waals surface area (Å²) >= 11 is 0. The van der Waals surface area contributed by atoms with E-state index in [0.29, 0.717) is 18.0 Å². The maximum absolute atomic E-state index is 12.6. The summed E-state index contributed by atoms with van der Waals surface area (Å²) in [7, 11) is 0. The number of benzene rings is 1. The lowest BCUT2D eigenvalue weighted by atomic mass is 10.1. The number of amides is 1. The van der Waals surface area contributed by atoms with Crippen molar-refractivity contribution in [2.75, 3.05) is 13.1 Å². The third-order valence-electron chi connectivity index (χ3n) is 4.11. The highest BCUT2D eigenvalue weighted by Crippen LogP contribution is 2.24. The van der Waals surface area contributed by atoms with Crippen molar-refractivity contribution in [3.8, 4) is 5.69 Å². The lowest BCUT2D eigenvalue weighted by Gasteiger charge is -2.20. The van der Waals surface area contributed by atoms with E-state index in [1.807, 2.05) is 35.2 Å². The zero-order valence-corrected chi connectivity index (χ0v) is 13.4. The molecular formula is C16H21ClN4O. The number of carbonyl (C=O) groups excluding carboxylic acids is 1. The molecule has 3 rings (SSSR count). The molecular weight excluding hydrogens is 300 g/mol. The summed E-state index contributed by atoms with van der Waals surface area (Å²) in [5.74, 6) is 0.453. The molecule has 6 heteroatoms. The topological polar surface area (TPSA) is 64.2 Å². The molecule has 0 radical (unpaired) electrons. The predicted octanol–water partition coefficient (Wildman–Crippen LogP) is 2.10. The van der Waals surface area contributed by atoms with Crippen molar-refractivity contribution in [2.45, 2.75) is 19.4 Å². The molecule has 1 fully saturated rings. The van der Waals surface area contributed by atoms with Gasteiger partial charge < -0.3 is 10.6 Å². The molecule has 2 N–H and O–H groups in total. The van der Waals surface area contributed by atoms with Gasteiger partial charge in [-0.2, -0.15) is 5.10 Å². The summed E-state index contributed by atoms with van der Waals surface area (Å²) in [5.41, 5.74) is 7.30. The third kappa shape index (κ3) is 3.15. The van der Waals surface area contributed by atoms with Crippen LogP contribution in [0.3, 0.4) is 0 Å². The number of likely N-dealkylation sites (tertiary alicyclic amines) is 1. The van der Waals surface area contributed by atoms with Crippen LogP contribution in [0.5, 0.6) is 0 Å². The molecule has 1 amide bonds. The molecule has 0 bridgehead atoms. The van der Waals surface area contributed by atoms with Gasteiger partial charge in [0.05, 0.1) is 17.4 Å². The Hall–Kier alpha value is -1.85. The summed E-state index contributed by atoms with van der Waals surface area (Å²) in [6, 6.07) is 10.0. The molecule has 1 aromatic heterocycles. The Balaban J connectivity index is 0.00000176. The number of rotatable bonds is 3. The zero-order chi connectivity index (χ0) is 14.8. The first kappa shape index (κ1) is 16.5. The molecule has 118 valence electrons. The van der Waals surface area contributed by atoms with Crippen molar-refractivity contribution < 1.29 is 4.79 Å². The number of aromatic nitrogens is 2. The van der Waals surface area contributed by atoms with Crippen LogP contribution in [0.25, 0.3) is 5.69 Å². The van der Waals surface area contributed by atoms with Gasteiger partial charge in [0.25, 0.3) is 5.91 Å². The Labute approximate surface area is 136 Å². The number of halogens is 1. The van der Waals surface area contributed by atoms with E-state index in [0.717, 1.165) is 18.7 Å². The van der Waals surface area contributed by atoms with E-state index in [2.05, 4.69) is 12.0 Å². The molecule has 1 aliphatic rings. The fourth-order valence-electron chi connectivity index (χ4n) is 2.92. The Kier molecular flexibility index (Phi) is 5.21. The van der Waals surface area contributed by atoms with Crippen LogP contribution in [0.1, 0.15) is 23.7 Å². The summed E-state index contributed by atoms with van der Waals surface area (Å²) in [6.07, 6.45) is 4.41. The molecule has 0 saturated carbocycles. The van der Waals surface area contributed by atoms with Gasteiger partial charge in [-0.05, 0) is 37.9 Å². The van der Waals surface area contributed by atoms with E-state index < -0.39 is 0 Å². The number of carbonyl (C=O) groups is 1.